The van der Waals surface area contributed by atoms with E-state index < -0.39 is 25.9 Å². The first-order chi connectivity index (χ1) is 12.2. The summed E-state index contributed by atoms with van der Waals surface area (Å²) < 4.78 is 37.7. The van der Waals surface area contributed by atoms with E-state index in [1.807, 2.05) is 0 Å². The van der Waals surface area contributed by atoms with Gasteiger partial charge in [0.1, 0.15) is 11.1 Å². The van der Waals surface area contributed by atoms with E-state index in [-0.39, 0.29) is 22.9 Å². The predicted molar refractivity (Wildman–Crippen MR) is 92.9 cm³/mol. The van der Waals surface area contributed by atoms with Gasteiger partial charge in [-0.15, -0.1) is 0 Å². The number of carbonyl (C=O) groups excluding carboxylic acids is 1. The van der Waals surface area contributed by atoms with Crippen LogP contribution in [-0.2, 0) is 21.1 Å². The molecule has 0 aliphatic carbocycles. The molecule has 1 N–H and O–H groups in total. The number of carbonyl (C=O) groups is 1. The number of non-ortho nitro benzene ring substituents is 1. The maximum absolute atomic E-state index is 12.8. The zero-order chi connectivity index (χ0) is 19.3. The van der Waals surface area contributed by atoms with E-state index in [1.54, 1.807) is 12.1 Å². The van der Waals surface area contributed by atoms with Crippen molar-refractivity contribution in [1.82, 2.24) is 5.32 Å². The van der Waals surface area contributed by atoms with Gasteiger partial charge in [-0.25, -0.2) is 12.8 Å². The first-order valence-electron chi connectivity index (χ1n) is 7.72. The minimum absolute atomic E-state index is 0.163. The average molecular weight is 380 g/mol. The number of halogens is 1. The van der Waals surface area contributed by atoms with Gasteiger partial charge >= 0.3 is 0 Å². The molecule has 0 saturated heterocycles. The molecule has 0 spiro atoms. The van der Waals surface area contributed by atoms with Crippen LogP contribution in [0, 0.1) is 15.9 Å². The Morgan fingerprint density at radius 3 is 2.27 bits per heavy atom. The molecule has 0 fully saturated rings. The highest BCUT2D eigenvalue weighted by atomic mass is 32.2. The molecule has 1 amide bonds. The Kier molecular flexibility index (Phi) is 6.04. The first kappa shape index (κ1) is 19.5. The normalized spacial score (nSPS) is 12.4. The summed E-state index contributed by atoms with van der Waals surface area (Å²) in [5.41, 5.74) is 0.568. The van der Waals surface area contributed by atoms with Crippen molar-refractivity contribution in [3.05, 3.63) is 70.0 Å². The number of nitro groups is 1. The van der Waals surface area contributed by atoms with Gasteiger partial charge in [-0.05, 0) is 43.2 Å². The minimum atomic E-state index is -3.97. The molecule has 0 heterocycles. The fourth-order valence-corrected chi connectivity index (χ4v) is 3.52. The third kappa shape index (κ3) is 4.63. The number of nitrogens with zero attached hydrogens (tertiary/aromatic N) is 1. The lowest BCUT2D eigenvalue weighted by Crippen LogP contribution is -2.38. The zero-order valence-corrected chi connectivity index (χ0v) is 14.7. The van der Waals surface area contributed by atoms with Gasteiger partial charge in [-0.1, -0.05) is 12.1 Å². The van der Waals surface area contributed by atoms with Crippen LogP contribution >= 0.6 is 0 Å². The summed E-state index contributed by atoms with van der Waals surface area (Å²) in [6.45, 7) is 1.45. The molecule has 0 aliphatic rings. The summed E-state index contributed by atoms with van der Waals surface area (Å²) in [5.74, 6) is -1.04. The highest BCUT2D eigenvalue weighted by Gasteiger charge is 2.29. The van der Waals surface area contributed by atoms with Gasteiger partial charge in [0.05, 0.1) is 9.82 Å². The van der Waals surface area contributed by atoms with Crippen LogP contribution in [0.1, 0.15) is 12.5 Å². The van der Waals surface area contributed by atoms with Gasteiger partial charge in [-0.3, -0.25) is 14.9 Å². The van der Waals surface area contributed by atoms with Crippen molar-refractivity contribution >= 4 is 21.4 Å². The second-order valence-corrected chi connectivity index (χ2v) is 7.87. The van der Waals surface area contributed by atoms with Crippen molar-refractivity contribution < 1.29 is 22.5 Å². The topological polar surface area (TPSA) is 106 Å². The number of hydrogen-bond donors (Lipinski definition) is 1. The Hall–Kier alpha value is -2.81. The van der Waals surface area contributed by atoms with E-state index in [4.69, 9.17) is 0 Å². The summed E-state index contributed by atoms with van der Waals surface area (Å²) in [6.07, 6.45) is 0.427. The summed E-state index contributed by atoms with van der Waals surface area (Å²) in [6, 6.07) is 10.1. The molecule has 0 radical (unpaired) electrons. The van der Waals surface area contributed by atoms with Crippen molar-refractivity contribution in [3.8, 4) is 0 Å². The van der Waals surface area contributed by atoms with Crippen LogP contribution in [0.25, 0.3) is 0 Å². The predicted octanol–water partition coefficient (Wildman–Crippen LogP) is 2.25. The number of rotatable bonds is 7. The second-order valence-electron chi connectivity index (χ2n) is 5.61. The first-order valence-corrected chi connectivity index (χ1v) is 9.27. The van der Waals surface area contributed by atoms with Crippen LogP contribution in [0.15, 0.2) is 53.4 Å². The van der Waals surface area contributed by atoms with Crippen LogP contribution in [-0.4, -0.2) is 31.0 Å². The Morgan fingerprint density at radius 2 is 1.73 bits per heavy atom. The second kappa shape index (κ2) is 8.05. The summed E-state index contributed by atoms with van der Waals surface area (Å²) in [4.78, 5) is 22.0. The van der Waals surface area contributed by atoms with E-state index in [9.17, 15) is 27.7 Å². The van der Waals surface area contributed by atoms with E-state index >= 15 is 0 Å². The SMILES string of the molecule is C[C@H](C(=O)NCCc1ccc(F)cc1)S(=O)(=O)c1ccc([N+](=O)[O-])cc1. The van der Waals surface area contributed by atoms with Crippen molar-refractivity contribution in [1.29, 1.82) is 0 Å². The van der Waals surface area contributed by atoms with Gasteiger partial charge in [0.2, 0.25) is 5.91 Å². The van der Waals surface area contributed by atoms with E-state index in [0.717, 1.165) is 29.8 Å². The molecule has 138 valence electrons. The van der Waals surface area contributed by atoms with Crippen LogP contribution in [0.4, 0.5) is 10.1 Å². The summed E-state index contributed by atoms with van der Waals surface area (Å²) >= 11 is 0. The van der Waals surface area contributed by atoms with Crippen molar-refractivity contribution in [2.24, 2.45) is 0 Å². The molecular weight excluding hydrogens is 363 g/mol. The Morgan fingerprint density at radius 1 is 1.15 bits per heavy atom. The molecule has 0 aliphatic heterocycles. The average Bonchev–Trinajstić information content (AvgIpc) is 2.62. The van der Waals surface area contributed by atoms with E-state index in [0.29, 0.717) is 6.42 Å². The van der Waals surface area contributed by atoms with Gasteiger partial charge in [-0.2, -0.15) is 0 Å². The largest absolute Gasteiger partial charge is 0.355 e. The molecule has 7 nitrogen and oxygen atoms in total. The maximum Gasteiger partial charge on any atom is 0.269 e. The Labute approximate surface area is 149 Å². The highest BCUT2D eigenvalue weighted by molar-refractivity contribution is 7.92. The number of nitro benzene ring substituents is 1. The third-order valence-electron chi connectivity index (χ3n) is 3.84. The lowest BCUT2D eigenvalue weighted by molar-refractivity contribution is -0.384. The Bertz CT molecular complexity index is 896. The quantitative estimate of drug-likeness (QED) is 0.586. The monoisotopic (exact) mass is 380 g/mol. The molecule has 0 unspecified atom stereocenters. The fraction of sp³-hybridized carbons (Fsp3) is 0.235. The standard InChI is InChI=1S/C17H17FN2O5S/c1-12(17(21)19-11-10-13-2-4-14(18)5-3-13)26(24,25)16-8-6-15(7-9-16)20(22)23/h2-9,12H,10-11H2,1H3,(H,19,21)/t12-/m1/s1. The zero-order valence-electron chi connectivity index (χ0n) is 13.9. The van der Waals surface area contributed by atoms with Crippen LogP contribution in [0.5, 0.6) is 0 Å². The van der Waals surface area contributed by atoms with Gasteiger partial charge in [0, 0.05) is 18.7 Å². The molecule has 0 saturated carbocycles. The van der Waals surface area contributed by atoms with Gasteiger partial charge in [0.25, 0.3) is 5.69 Å². The van der Waals surface area contributed by atoms with E-state index in [1.165, 1.54) is 19.1 Å². The molecule has 9 heteroatoms. The molecule has 0 aromatic heterocycles. The van der Waals surface area contributed by atoms with Crippen LogP contribution < -0.4 is 5.32 Å². The number of amides is 1. The molecule has 1 atom stereocenters. The molecular formula is C17H17FN2O5S. The maximum atomic E-state index is 12.8. The molecule has 26 heavy (non-hydrogen) atoms. The van der Waals surface area contributed by atoms with Crippen LogP contribution in [0.2, 0.25) is 0 Å². The minimum Gasteiger partial charge on any atom is -0.355 e. The van der Waals surface area contributed by atoms with Gasteiger partial charge < -0.3 is 5.32 Å². The fourth-order valence-electron chi connectivity index (χ4n) is 2.23. The van der Waals surface area contributed by atoms with Crippen molar-refractivity contribution in [2.45, 2.75) is 23.5 Å². The molecule has 2 aromatic rings. The molecule has 2 aromatic carbocycles. The third-order valence-corrected chi connectivity index (χ3v) is 5.91. The van der Waals surface area contributed by atoms with Gasteiger partial charge in [0.15, 0.2) is 9.84 Å². The molecule has 2 rings (SSSR count). The Balaban J connectivity index is 1.99. The summed E-state index contributed by atoms with van der Waals surface area (Å²) in [7, 11) is -3.97. The lowest BCUT2D eigenvalue weighted by Gasteiger charge is -2.13. The number of sulfone groups is 1. The number of hydrogen-bond acceptors (Lipinski definition) is 5. The van der Waals surface area contributed by atoms with Crippen LogP contribution in [0.3, 0.4) is 0 Å². The number of benzene rings is 2. The van der Waals surface area contributed by atoms with E-state index in [2.05, 4.69) is 5.32 Å². The summed E-state index contributed by atoms with van der Waals surface area (Å²) in [5, 5.41) is 11.8. The van der Waals surface area contributed by atoms with Crippen molar-refractivity contribution in [2.75, 3.05) is 6.54 Å². The van der Waals surface area contributed by atoms with Crippen molar-refractivity contribution in [3.63, 3.8) is 0 Å². The smallest absolute Gasteiger partial charge is 0.269 e. The molecule has 0 bridgehead atoms. The number of nitrogens with one attached hydrogen (secondary N) is 1. The lowest BCUT2D eigenvalue weighted by atomic mass is 10.1. The highest BCUT2D eigenvalue weighted by Crippen LogP contribution is 2.20.